The van der Waals surface area contributed by atoms with Crippen molar-refractivity contribution in [3.05, 3.63) is 30.1 Å². The molecule has 110 valence electrons. The van der Waals surface area contributed by atoms with Crippen LogP contribution in [0.15, 0.2) is 24.3 Å². The first kappa shape index (κ1) is 15.0. The summed E-state index contributed by atoms with van der Waals surface area (Å²) in [7, 11) is 0. The van der Waals surface area contributed by atoms with E-state index in [1.54, 1.807) is 17.0 Å². The number of hydrogen-bond acceptors (Lipinski definition) is 2. The molecule has 0 bridgehead atoms. The maximum Gasteiger partial charge on any atom is 0.227 e. The van der Waals surface area contributed by atoms with Gasteiger partial charge in [-0.1, -0.05) is 12.8 Å². The Kier molecular flexibility index (Phi) is 5.12. The van der Waals surface area contributed by atoms with Gasteiger partial charge in [0.2, 0.25) is 5.91 Å². The van der Waals surface area contributed by atoms with Gasteiger partial charge in [-0.05, 0) is 49.9 Å². The Bertz CT molecular complexity index is 446. The molecule has 0 radical (unpaired) electrons. The van der Waals surface area contributed by atoms with Crippen LogP contribution in [0.1, 0.15) is 39.0 Å². The Morgan fingerprint density at radius 3 is 2.55 bits per heavy atom. The van der Waals surface area contributed by atoms with E-state index < -0.39 is 0 Å². The molecule has 2 atom stereocenters. The van der Waals surface area contributed by atoms with Crippen molar-refractivity contribution in [3.63, 3.8) is 0 Å². The summed E-state index contributed by atoms with van der Waals surface area (Å²) >= 11 is 0. The van der Waals surface area contributed by atoms with Gasteiger partial charge in [-0.2, -0.15) is 0 Å². The van der Waals surface area contributed by atoms with Gasteiger partial charge in [0.15, 0.2) is 0 Å². The van der Waals surface area contributed by atoms with Crippen LogP contribution >= 0.6 is 0 Å². The summed E-state index contributed by atoms with van der Waals surface area (Å²) in [5.41, 5.74) is 6.86. The first-order valence-corrected chi connectivity index (χ1v) is 7.43. The third-order valence-corrected chi connectivity index (χ3v) is 4.16. The molecule has 3 nitrogen and oxygen atoms in total. The summed E-state index contributed by atoms with van der Waals surface area (Å²) in [6.45, 7) is 2.52. The van der Waals surface area contributed by atoms with E-state index in [-0.39, 0.29) is 23.7 Å². The predicted octanol–water partition coefficient (Wildman–Crippen LogP) is 3.09. The van der Waals surface area contributed by atoms with Crippen molar-refractivity contribution in [2.45, 2.75) is 45.1 Å². The van der Waals surface area contributed by atoms with Crippen LogP contribution in [0.2, 0.25) is 0 Å². The highest BCUT2D eigenvalue weighted by molar-refractivity contribution is 5.93. The molecule has 0 saturated heterocycles. The van der Waals surface area contributed by atoms with Crippen molar-refractivity contribution in [2.75, 3.05) is 11.4 Å². The van der Waals surface area contributed by atoms with Crippen molar-refractivity contribution in [1.29, 1.82) is 0 Å². The van der Waals surface area contributed by atoms with Gasteiger partial charge in [-0.3, -0.25) is 4.79 Å². The van der Waals surface area contributed by atoms with Crippen molar-refractivity contribution in [1.82, 2.24) is 0 Å². The number of nitrogens with two attached hydrogens (primary N) is 1. The molecule has 0 spiro atoms. The molecule has 2 unspecified atom stereocenters. The molecule has 0 heterocycles. The lowest BCUT2D eigenvalue weighted by Crippen LogP contribution is -2.39. The average molecular weight is 278 g/mol. The highest BCUT2D eigenvalue weighted by Crippen LogP contribution is 2.27. The highest BCUT2D eigenvalue weighted by atomic mass is 19.1. The molecule has 1 aromatic carbocycles. The van der Waals surface area contributed by atoms with Crippen molar-refractivity contribution in [2.24, 2.45) is 11.7 Å². The van der Waals surface area contributed by atoms with E-state index in [9.17, 15) is 9.18 Å². The second-order valence-corrected chi connectivity index (χ2v) is 5.53. The summed E-state index contributed by atoms with van der Waals surface area (Å²) in [6, 6.07) is 6.21. The van der Waals surface area contributed by atoms with Gasteiger partial charge < -0.3 is 10.6 Å². The van der Waals surface area contributed by atoms with E-state index in [0.29, 0.717) is 13.0 Å². The van der Waals surface area contributed by atoms with Crippen LogP contribution < -0.4 is 10.6 Å². The van der Waals surface area contributed by atoms with Crippen LogP contribution in [0.5, 0.6) is 0 Å². The number of carbonyl (C=O) groups excluding carboxylic acids is 1. The van der Waals surface area contributed by atoms with E-state index in [1.807, 2.05) is 6.92 Å². The fourth-order valence-electron chi connectivity index (χ4n) is 2.95. The minimum Gasteiger partial charge on any atom is -0.327 e. The van der Waals surface area contributed by atoms with Gasteiger partial charge >= 0.3 is 0 Å². The maximum atomic E-state index is 13.0. The van der Waals surface area contributed by atoms with Gasteiger partial charge in [0.1, 0.15) is 5.82 Å². The number of amides is 1. The Morgan fingerprint density at radius 1 is 1.30 bits per heavy atom. The summed E-state index contributed by atoms with van der Waals surface area (Å²) in [4.78, 5) is 14.2. The molecular weight excluding hydrogens is 255 g/mol. The summed E-state index contributed by atoms with van der Waals surface area (Å²) < 4.78 is 13.0. The Morgan fingerprint density at radius 2 is 1.95 bits per heavy atom. The van der Waals surface area contributed by atoms with Gasteiger partial charge in [-0.25, -0.2) is 4.39 Å². The third kappa shape index (κ3) is 3.57. The van der Waals surface area contributed by atoms with Crippen LogP contribution in [0.4, 0.5) is 10.1 Å². The van der Waals surface area contributed by atoms with Crippen molar-refractivity contribution < 1.29 is 9.18 Å². The number of hydrogen-bond donors (Lipinski definition) is 1. The monoisotopic (exact) mass is 278 g/mol. The quantitative estimate of drug-likeness (QED) is 0.920. The van der Waals surface area contributed by atoms with Gasteiger partial charge in [0.05, 0.1) is 0 Å². The number of nitrogens with zero attached hydrogens (tertiary/aromatic N) is 1. The molecule has 2 N–H and O–H groups in total. The number of rotatable bonds is 4. The molecule has 1 aliphatic rings. The minimum absolute atomic E-state index is 0.0847. The van der Waals surface area contributed by atoms with Crippen LogP contribution in [0, 0.1) is 11.7 Å². The summed E-state index contributed by atoms with van der Waals surface area (Å²) in [6.07, 6.45) is 4.87. The SMILES string of the molecule is CCN(C(=O)CC1CCCCC1N)c1ccc(F)cc1. The molecule has 0 aromatic heterocycles. The zero-order chi connectivity index (χ0) is 14.5. The topological polar surface area (TPSA) is 46.3 Å². The van der Waals surface area contributed by atoms with Gasteiger partial charge in [0.25, 0.3) is 0 Å². The lowest BCUT2D eigenvalue weighted by atomic mass is 9.82. The van der Waals surface area contributed by atoms with E-state index in [2.05, 4.69) is 0 Å². The van der Waals surface area contributed by atoms with Crippen LogP contribution in [0.25, 0.3) is 0 Å². The van der Waals surface area contributed by atoms with E-state index in [4.69, 9.17) is 5.73 Å². The molecule has 20 heavy (non-hydrogen) atoms. The minimum atomic E-state index is -0.286. The zero-order valence-corrected chi connectivity index (χ0v) is 12.0. The summed E-state index contributed by atoms with van der Waals surface area (Å²) in [5.74, 6) is 0.0822. The molecule has 1 aliphatic carbocycles. The second kappa shape index (κ2) is 6.84. The third-order valence-electron chi connectivity index (χ3n) is 4.16. The summed E-state index contributed by atoms with van der Waals surface area (Å²) in [5, 5.41) is 0. The fourth-order valence-corrected chi connectivity index (χ4v) is 2.95. The smallest absolute Gasteiger partial charge is 0.227 e. The molecule has 1 aromatic rings. The van der Waals surface area contributed by atoms with Gasteiger partial charge in [0, 0.05) is 24.7 Å². The molecule has 1 saturated carbocycles. The van der Waals surface area contributed by atoms with Crippen LogP contribution in [-0.4, -0.2) is 18.5 Å². The van der Waals surface area contributed by atoms with E-state index >= 15 is 0 Å². The highest BCUT2D eigenvalue weighted by Gasteiger charge is 2.26. The number of carbonyl (C=O) groups is 1. The van der Waals surface area contributed by atoms with E-state index in [1.165, 1.54) is 18.6 Å². The number of anilines is 1. The Balaban J connectivity index is 2.03. The standard InChI is InChI=1S/C16H23FN2O/c1-2-19(14-9-7-13(17)8-10-14)16(20)11-12-5-3-4-6-15(12)18/h7-10,12,15H,2-6,11,18H2,1H3. The molecular formula is C16H23FN2O. The lowest BCUT2D eigenvalue weighted by Gasteiger charge is -2.30. The lowest BCUT2D eigenvalue weighted by molar-refractivity contribution is -0.119. The average Bonchev–Trinajstić information content (AvgIpc) is 2.44. The Labute approximate surface area is 120 Å². The molecule has 4 heteroatoms. The normalized spacial score (nSPS) is 22.6. The van der Waals surface area contributed by atoms with E-state index in [0.717, 1.165) is 24.9 Å². The molecule has 1 fully saturated rings. The van der Waals surface area contributed by atoms with Crippen molar-refractivity contribution in [3.8, 4) is 0 Å². The molecule has 1 amide bonds. The molecule has 2 rings (SSSR count). The first-order chi connectivity index (χ1) is 9.61. The maximum absolute atomic E-state index is 13.0. The van der Waals surface area contributed by atoms with Gasteiger partial charge in [-0.15, -0.1) is 0 Å². The zero-order valence-electron chi connectivity index (χ0n) is 12.0. The number of halogens is 1. The van der Waals surface area contributed by atoms with Crippen LogP contribution in [0.3, 0.4) is 0 Å². The van der Waals surface area contributed by atoms with Crippen molar-refractivity contribution >= 4 is 11.6 Å². The van der Waals surface area contributed by atoms with Crippen LogP contribution in [-0.2, 0) is 4.79 Å². The fraction of sp³-hybridized carbons (Fsp3) is 0.562. The Hall–Kier alpha value is -1.42. The number of benzene rings is 1. The largest absolute Gasteiger partial charge is 0.327 e. The second-order valence-electron chi connectivity index (χ2n) is 5.53. The predicted molar refractivity (Wildman–Crippen MR) is 79.0 cm³/mol. The first-order valence-electron chi connectivity index (χ1n) is 7.43. The molecule has 0 aliphatic heterocycles.